The van der Waals surface area contributed by atoms with Crippen LogP contribution < -0.4 is 5.73 Å². The number of primary amides is 1. The Morgan fingerprint density at radius 1 is 1.79 bits per heavy atom. The van der Waals surface area contributed by atoms with Gasteiger partial charge in [0.05, 0.1) is 6.61 Å². The Morgan fingerprint density at radius 2 is 2.50 bits per heavy atom. The van der Waals surface area contributed by atoms with E-state index in [2.05, 4.69) is 4.98 Å². The third-order valence-corrected chi connectivity index (χ3v) is 2.66. The fourth-order valence-electron chi connectivity index (χ4n) is 0.889. The predicted molar refractivity (Wildman–Crippen MR) is 55.2 cm³/mol. The fourth-order valence-corrected chi connectivity index (χ4v) is 1.75. The molecule has 4 nitrogen and oxygen atoms in total. The van der Waals surface area contributed by atoms with Crippen LogP contribution in [0.3, 0.4) is 0 Å². The van der Waals surface area contributed by atoms with Crippen LogP contribution in [0.15, 0.2) is 23.2 Å². The lowest BCUT2D eigenvalue weighted by Gasteiger charge is -2.07. The summed E-state index contributed by atoms with van der Waals surface area (Å²) < 4.78 is 0. The van der Waals surface area contributed by atoms with Crippen molar-refractivity contribution in [3.63, 3.8) is 0 Å². The summed E-state index contributed by atoms with van der Waals surface area (Å²) in [6.07, 6.45) is 1.53. The number of thioether (sulfide) groups is 1. The Labute approximate surface area is 86.5 Å². The Kier molecular flexibility index (Phi) is 3.91. The third kappa shape index (κ3) is 3.01. The number of aliphatic hydroxyl groups excluding tert-OH is 1. The highest BCUT2D eigenvalue weighted by Gasteiger charge is 2.06. The summed E-state index contributed by atoms with van der Waals surface area (Å²) >= 11 is 1.48. The van der Waals surface area contributed by atoms with Gasteiger partial charge in [-0.15, -0.1) is 11.8 Å². The van der Waals surface area contributed by atoms with Crippen molar-refractivity contribution in [2.24, 2.45) is 5.73 Å². The molecule has 1 unspecified atom stereocenters. The summed E-state index contributed by atoms with van der Waals surface area (Å²) in [6, 6.07) is 3.41. The highest BCUT2D eigenvalue weighted by atomic mass is 32.2. The van der Waals surface area contributed by atoms with Crippen molar-refractivity contribution >= 4 is 17.7 Å². The maximum atomic E-state index is 10.8. The monoisotopic (exact) mass is 212 g/mol. The maximum absolute atomic E-state index is 10.8. The number of carbonyl (C=O) groups is 1. The quantitative estimate of drug-likeness (QED) is 0.719. The van der Waals surface area contributed by atoms with E-state index >= 15 is 0 Å². The van der Waals surface area contributed by atoms with Crippen LogP contribution in [0.1, 0.15) is 17.4 Å². The van der Waals surface area contributed by atoms with Gasteiger partial charge < -0.3 is 10.8 Å². The molecule has 1 rings (SSSR count). The number of rotatable bonds is 4. The molecule has 3 N–H and O–H groups in total. The molecule has 1 aromatic rings. The van der Waals surface area contributed by atoms with Gasteiger partial charge in [0.25, 0.3) is 5.91 Å². The first kappa shape index (κ1) is 11.0. The van der Waals surface area contributed by atoms with Gasteiger partial charge >= 0.3 is 0 Å². The standard InChI is InChI=1S/C9H12N2O2S/c1-6(5-12)14-7-2-3-11-8(4-7)9(10)13/h2-4,6,12H,5H2,1H3,(H2,10,13). The number of aromatic nitrogens is 1. The molecule has 0 aliphatic heterocycles. The Bertz CT molecular complexity index is 330. The first-order valence-electron chi connectivity index (χ1n) is 4.17. The average Bonchev–Trinajstić information content (AvgIpc) is 2.18. The largest absolute Gasteiger partial charge is 0.395 e. The van der Waals surface area contributed by atoms with E-state index in [4.69, 9.17) is 10.8 Å². The van der Waals surface area contributed by atoms with E-state index in [-0.39, 0.29) is 17.6 Å². The van der Waals surface area contributed by atoms with E-state index in [0.717, 1.165) is 4.90 Å². The Balaban J connectivity index is 2.78. The Morgan fingerprint density at radius 3 is 3.07 bits per heavy atom. The van der Waals surface area contributed by atoms with Crippen LogP contribution in [0, 0.1) is 0 Å². The first-order valence-corrected chi connectivity index (χ1v) is 5.05. The number of hydrogen-bond donors (Lipinski definition) is 2. The van der Waals surface area contributed by atoms with E-state index in [9.17, 15) is 4.79 Å². The molecule has 0 saturated carbocycles. The van der Waals surface area contributed by atoms with Crippen LogP contribution in [0.25, 0.3) is 0 Å². The van der Waals surface area contributed by atoms with Gasteiger partial charge in [-0.3, -0.25) is 9.78 Å². The number of pyridine rings is 1. The molecule has 5 heteroatoms. The smallest absolute Gasteiger partial charge is 0.267 e. The van der Waals surface area contributed by atoms with Crippen molar-refractivity contribution in [3.05, 3.63) is 24.0 Å². The van der Waals surface area contributed by atoms with Gasteiger partial charge in [-0.1, -0.05) is 6.92 Å². The van der Waals surface area contributed by atoms with Crippen LogP contribution >= 0.6 is 11.8 Å². The van der Waals surface area contributed by atoms with Crippen molar-refractivity contribution in [2.45, 2.75) is 17.1 Å². The molecule has 14 heavy (non-hydrogen) atoms. The minimum Gasteiger partial charge on any atom is -0.395 e. The van der Waals surface area contributed by atoms with Crippen LogP contribution in [-0.4, -0.2) is 27.9 Å². The highest BCUT2D eigenvalue weighted by Crippen LogP contribution is 2.22. The molecule has 0 radical (unpaired) electrons. The van der Waals surface area contributed by atoms with Crippen LogP contribution in [-0.2, 0) is 0 Å². The second-order valence-electron chi connectivity index (χ2n) is 2.85. The topological polar surface area (TPSA) is 76.2 Å². The van der Waals surface area contributed by atoms with Gasteiger partial charge in [-0.2, -0.15) is 0 Å². The summed E-state index contributed by atoms with van der Waals surface area (Å²) in [4.78, 5) is 15.5. The molecular formula is C9H12N2O2S. The molecule has 1 amide bonds. The van der Waals surface area contributed by atoms with Crippen molar-refractivity contribution in [2.75, 3.05) is 6.61 Å². The van der Waals surface area contributed by atoms with Gasteiger partial charge in [0.2, 0.25) is 0 Å². The zero-order chi connectivity index (χ0) is 10.6. The molecule has 1 atom stereocenters. The van der Waals surface area contributed by atoms with Crippen molar-refractivity contribution < 1.29 is 9.90 Å². The van der Waals surface area contributed by atoms with E-state index in [0.29, 0.717) is 0 Å². The summed E-state index contributed by atoms with van der Waals surface area (Å²) in [6.45, 7) is 1.99. The number of carbonyl (C=O) groups excluding carboxylic acids is 1. The van der Waals surface area contributed by atoms with Gasteiger partial charge in [-0.25, -0.2) is 0 Å². The van der Waals surface area contributed by atoms with E-state index in [1.807, 2.05) is 6.92 Å². The summed E-state index contributed by atoms with van der Waals surface area (Å²) in [5, 5.41) is 8.94. The molecule has 0 spiro atoms. The van der Waals surface area contributed by atoms with Gasteiger partial charge in [-0.05, 0) is 12.1 Å². The third-order valence-electron chi connectivity index (χ3n) is 1.58. The van der Waals surface area contributed by atoms with Gasteiger partial charge in [0, 0.05) is 16.3 Å². The van der Waals surface area contributed by atoms with E-state index in [1.165, 1.54) is 18.0 Å². The highest BCUT2D eigenvalue weighted by molar-refractivity contribution is 8.00. The molecule has 76 valence electrons. The van der Waals surface area contributed by atoms with Gasteiger partial charge in [0.15, 0.2) is 0 Å². The number of nitrogens with zero attached hydrogens (tertiary/aromatic N) is 1. The molecular weight excluding hydrogens is 200 g/mol. The summed E-state index contributed by atoms with van der Waals surface area (Å²) in [5.74, 6) is -0.538. The van der Waals surface area contributed by atoms with Crippen molar-refractivity contribution in [3.8, 4) is 0 Å². The lowest BCUT2D eigenvalue weighted by atomic mass is 10.3. The first-order chi connectivity index (χ1) is 6.63. The normalized spacial score (nSPS) is 12.4. The second kappa shape index (κ2) is 4.97. The van der Waals surface area contributed by atoms with Crippen molar-refractivity contribution in [1.82, 2.24) is 4.98 Å². The van der Waals surface area contributed by atoms with Crippen LogP contribution in [0.4, 0.5) is 0 Å². The molecule has 1 aromatic heterocycles. The number of hydrogen-bond acceptors (Lipinski definition) is 4. The lowest BCUT2D eigenvalue weighted by Crippen LogP contribution is -2.13. The minimum absolute atomic E-state index is 0.0955. The fraction of sp³-hybridized carbons (Fsp3) is 0.333. The second-order valence-corrected chi connectivity index (χ2v) is 4.36. The SMILES string of the molecule is CC(CO)Sc1ccnc(C(N)=O)c1. The van der Waals surface area contributed by atoms with Crippen LogP contribution in [0.2, 0.25) is 0 Å². The lowest BCUT2D eigenvalue weighted by molar-refractivity contribution is 0.0995. The molecule has 0 fully saturated rings. The van der Waals surface area contributed by atoms with E-state index in [1.54, 1.807) is 12.1 Å². The summed E-state index contributed by atoms with van der Waals surface area (Å²) in [7, 11) is 0. The summed E-state index contributed by atoms with van der Waals surface area (Å²) in [5.41, 5.74) is 5.34. The molecule has 0 aliphatic rings. The Hall–Kier alpha value is -1.07. The van der Waals surface area contributed by atoms with Crippen molar-refractivity contribution in [1.29, 1.82) is 0 Å². The molecule has 0 saturated heterocycles. The van der Waals surface area contributed by atoms with Gasteiger partial charge in [0.1, 0.15) is 5.69 Å². The number of nitrogens with two attached hydrogens (primary N) is 1. The molecule has 1 heterocycles. The zero-order valence-corrected chi connectivity index (χ0v) is 8.62. The predicted octanol–water partition coefficient (Wildman–Crippen LogP) is 0.653. The minimum atomic E-state index is -0.538. The maximum Gasteiger partial charge on any atom is 0.267 e. The number of aliphatic hydroxyl groups is 1. The molecule has 0 bridgehead atoms. The zero-order valence-electron chi connectivity index (χ0n) is 7.80. The molecule has 0 aliphatic carbocycles. The average molecular weight is 212 g/mol. The van der Waals surface area contributed by atoms with E-state index < -0.39 is 5.91 Å². The van der Waals surface area contributed by atoms with Crippen LogP contribution in [0.5, 0.6) is 0 Å². The number of amides is 1. The molecule has 0 aromatic carbocycles.